The van der Waals surface area contributed by atoms with Crippen molar-refractivity contribution in [1.82, 2.24) is 4.90 Å². The molecule has 0 aliphatic rings. The van der Waals surface area contributed by atoms with Crippen molar-refractivity contribution in [3.8, 4) is 5.75 Å². The average Bonchev–Trinajstić information content (AvgIpc) is 3.13. The number of para-hydroxylation sites is 1. The topological polar surface area (TPSA) is 64.3 Å². The SMILES string of the molecule is COCCN(Cc1ccccc1OC)CC(O)COCc1ccco1. The van der Waals surface area contributed by atoms with E-state index in [9.17, 15) is 5.11 Å². The predicted octanol–water partition coefficient (Wildman–Crippen LogP) is 2.31. The zero-order valence-corrected chi connectivity index (χ0v) is 14.9. The summed E-state index contributed by atoms with van der Waals surface area (Å²) in [4.78, 5) is 2.13. The molecular formula is C19H27NO5. The molecule has 1 aromatic heterocycles. The first-order valence-electron chi connectivity index (χ1n) is 8.34. The number of aliphatic hydroxyl groups is 1. The highest BCUT2D eigenvalue weighted by Crippen LogP contribution is 2.19. The summed E-state index contributed by atoms with van der Waals surface area (Å²) in [6.07, 6.45) is 1.01. The van der Waals surface area contributed by atoms with Crippen molar-refractivity contribution >= 4 is 0 Å². The van der Waals surface area contributed by atoms with Gasteiger partial charge in [0.25, 0.3) is 0 Å². The van der Waals surface area contributed by atoms with Crippen molar-refractivity contribution in [2.24, 2.45) is 0 Å². The maximum atomic E-state index is 10.3. The van der Waals surface area contributed by atoms with Gasteiger partial charge >= 0.3 is 0 Å². The van der Waals surface area contributed by atoms with Gasteiger partial charge in [-0.25, -0.2) is 0 Å². The van der Waals surface area contributed by atoms with Gasteiger partial charge in [0.1, 0.15) is 18.1 Å². The number of rotatable bonds is 12. The number of nitrogens with zero attached hydrogens (tertiary/aromatic N) is 1. The number of methoxy groups -OCH3 is 2. The van der Waals surface area contributed by atoms with E-state index in [4.69, 9.17) is 18.6 Å². The highest BCUT2D eigenvalue weighted by Gasteiger charge is 2.14. The molecule has 6 heteroatoms. The first kappa shape index (κ1) is 19.5. The van der Waals surface area contributed by atoms with E-state index in [0.29, 0.717) is 32.8 Å². The van der Waals surface area contributed by atoms with Crippen molar-refractivity contribution in [2.75, 3.05) is 40.5 Å². The lowest BCUT2D eigenvalue weighted by Crippen LogP contribution is -2.36. The molecule has 1 aromatic carbocycles. The van der Waals surface area contributed by atoms with Gasteiger partial charge in [-0.3, -0.25) is 4.90 Å². The lowest BCUT2D eigenvalue weighted by molar-refractivity contribution is 0.000387. The van der Waals surface area contributed by atoms with E-state index in [-0.39, 0.29) is 6.61 Å². The standard InChI is InChI=1S/C19H27NO5/c1-22-11-9-20(12-16-6-3-4-8-19(16)23-2)13-17(21)14-24-15-18-7-5-10-25-18/h3-8,10,17,21H,9,11-15H2,1-2H3. The molecule has 25 heavy (non-hydrogen) atoms. The second-order valence-corrected chi connectivity index (χ2v) is 5.79. The van der Waals surface area contributed by atoms with Crippen LogP contribution in [0.25, 0.3) is 0 Å². The third-order valence-corrected chi connectivity index (χ3v) is 3.80. The van der Waals surface area contributed by atoms with Gasteiger partial charge < -0.3 is 23.7 Å². The van der Waals surface area contributed by atoms with Crippen LogP contribution in [0.2, 0.25) is 0 Å². The maximum Gasteiger partial charge on any atom is 0.129 e. The Morgan fingerprint density at radius 1 is 1.16 bits per heavy atom. The van der Waals surface area contributed by atoms with Gasteiger partial charge in [-0.1, -0.05) is 18.2 Å². The number of ether oxygens (including phenoxy) is 3. The first-order valence-corrected chi connectivity index (χ1v) is 8.34. The van der Waals surface area contributed by atoms with Crippen LogP contribution in [-0.4, -0.2) is 56.6 Å². The predicted molar refractivity (Wildman–Crippen MR) is 94.5 cm³/mol. The maximum absolute atomic E-state index is 10.3. The number of benzene rings is 1. The van der Waals surface area contributed by atoms with E-state index in [2.05, 4.69) is 4.90 Å². The number of aliphatic hydroxyl groups excluding tert-OH is 1. The fourth-order valence-electron chi connectivity index (χ4n) is 2.57. The van der Waals surface area contributed by atoms with Gasteiger partial charge in [0.15, 0.2) is 0 Å². The molecule has 0 radical (unpaired) electrons. The average molecular weight is 349 g/mol. The zero-order chi connectivity index (χ0) is 17.9. The summed E-state index contributed by atoms with van der Waals surface area (Å²) in [7, 11) is 3.33. The Morgan fingerprint density at radius 2 is 2.00 bits per heavy atom. The summed E-state index contributed by atoms with van der Waals surface area (Å²) in [6.45, 7) is 3.06. The number of hydrogen-bond donors (Lipinski definition) is 1. The van der Waals surface area contributed by atoms with Crippen molar-refractivity contribution in [2.45, 2.75) is 19.3 Å². The molecule has 1 heterocycles. The first-order chi connectivity index (χ1) is 12.2. The summed E-state index contributed by atoms with van der Waals surface area (Å²) >= 11 is 0. The van der Waals surface area contributed by atoms with Gasteiger partial charge in [0.05, 0.1) is 32.7 Å². The van der Waals surface area contributed by atoms with Gasteiger partial charge in [0, 0.05) is 32.3 Å². The number of furan rings is 1. The fourth-order valence-corrected chi connectivity index (χ4v) is 2.57. The summed E-state index contributed by atoms with van der Waals surface area (Å²) in [5.74, 6) is 1.59. The Labute approximate surface area is 148 Å². The highest BCUT2D eigenvalue weighted by molar-refractivity contribution is 5.33. The Morgan fingerprint density at radius 3 is 2.72 bits per heavy atom. The largest absolute Gasteiger partial charge is 0.496 e. The van der Waals surface area contributed by atoms with Crippen LogP contribution in [-0.2, 0) is 22.6 Å². The van der Waals surface area contributed by atoms with Crippen LogP contribution in [0.15, 0.2) is 47.1 Å². The Bertz CT molecular complexity index is 587. The number of hydrogen-bond acceptors (Lipinski definition) is 6. The third kappa shape index (κ3) is 6.88. The molecule has 0 saturated heterocycles. The second kappa shape index (κ2) is 10.9. The minimum Gasteiger partial charge on any atom is -0.496 e. The minimum absolute atomic E-state index is 0.246. The van der Waals surface area contributed by atoms with Crippen LogP contribution >= 0.6 is 0 Å². The van der Waals surface area contributed by atoms with Gasteiger partial charge in [-0.05, 0) is 18.2 Å². The molecule has 1 unspecified atom stereocenters. The fraction of sp³-hybridized carbons (Fsp3) is 0.474. The lowest BCUT2D eigenvalue weighted by Gasteiger charge is -2.25. The molecule has 2 aromatic rings. The van der Waals surface area contributed by atoms with Gasteiger partial charge in [-0.2, -0.15) is 0 Å². The van der Waals surface area contributed by atoms with E-state index < -0.39 is 6.10 Å². The summed E-state index contributed by atoms with van der Waals surface area (Å²) in [5.41, 5.74) is 1.07. The van der Waals surface area contributed by atoms with Crippen LogP contribution in [0.5, 0.6) is 5.75 Å². The molecule has 0 spiro atoms. The quantitative estimate of drug-likeness (QED) is 0.634. The molecule has 0 aliphatic heterocycles. The normalized spacial score (nSPS) is 12.5. The van der Waals surface area contributed by atoms with Crippen LogP contribution in [0.1, 0.15) is 11.3 Å². The lowest BCUT2D eigenvalue weighted by atomic mass is 10.1. The van der Waals surface area contributed by atoms with Gasteiger partial charge in [-0.15, -0.1) is 0 Å². The van der Waals surface area contributed by atoms with Crippen LogP contribution in [0.4, 0.5) is 0 Å². The second-order valence-electron chi connectivity index (χ2n) is 5.79. The van der Waals surface area contributed by atoms with Crippen molar-refractivity contribution < 1.29 is 23.7 Å². The van der Waals surface area contributed by atoms with Crippen molar-refractivity contribution in [3.63, 3.8) is 0 Å². The molecule has 6 nitrogen and oxygen atoms in total. The molecule has 0 bridgehead atoms. The molecular weight excluding hydrogens is 322 g/mol. The smallest absolute Gasteiger partial charge is 0.129 e. The van der Waals surface area contributed by atoms with Crippen LogP contribution in [0.3, 0.4) is 0 Å². The highest BCUT2D eigenvalue weighted by atomic mass is 16.5. The van der Waals surface area contributed by atoms with E-state index >= 15 is 0 Å². The van der Waals surface area contributed by atoms with Crippen LogP contribution < -0.4 is 4.74 Å². The Kier molecular flexibility index (Phi) is 8.48. The summed E-state index contributed by atoms with van der Waals surface area (Å²) in [6, 6.07) is 11.5. The summed E-state index contributed by atoms with van der Waals surface area (Å²) in [5, 5.41) is 10.3. The van der Waals surface area contributed by atoms with Crippen molar-refractivity contribution in [3.05, 3.63) is 54.0 Å². The van der Waals surface area contributed by atoms with Gasteiger partial charge in [0.2, 0.25) is 0 Å². The molecule has 138 valence electrons. The minimum atomic E-state index is -0.596. The van der Waals surface area contributed by atoms with Crippen molar-refractivity contribution in [1.29, 1.82) is 0 Å². The van der Waals surface area contributed by atoms with E-state index in [1.165, 1.54) is 0 Å². The third-order valence-electron chi connectivity index (χ3n) is 3.80. The van der Waals surface area contributed by atoms with E-state index in [1.54, 1.807) is 20.5 Å². The molecule has 0 saturated carbocycles. The van der Waals surface area contributed by atoms with E-state index in [0.717, 1.165) is 17.1 Å². The molecule has 0 aliphatic carbocycles. The molecule has 0 amide bonds. The Hall–Kier alpha value is -1.86. The Balaban J connectivity index is 1.85. The molecule has 1 N–H and O–H groups in total. The molecule has 1 atom stereocenters. The zero-order valence-electron chi connectivity index (χ0n) is 14.9. The molecule has 2 rings (SSSR count). The summed E-state index contributed by atoms with van der Waals surface area (Å²) < 4.78 is 21.3. The van der Waals surface area contributed by atoms with E-state index in [1.807, 2.05) is 36.4 Å². The van der Waals surface area contributed by atoms with Crippen LogP contribution in [0, 0.1) is 0 Å². The molecule has 0 fully saturated rings. The monoisotopic (exact) mass is 349 g/mol.